The van der Waals surface area contributed by atoms with Crippen LogP contribution in [0.2, 0.25) is 0 Å². The summed E-state index contributed by atoms with van der Waals surface area (Å²) in [4.78, 5) is 27.5. The van der Waals surface area contributed by atoms with Gasteiger partial charge in [0.1, 0.15) is 11.6 Å². The molecule has 0 aliphatic heterocycles. The fraction of sp³-hybridized carbons (Fsp3) is 0.125. The number of ether oxygens (including phenoxy) is 1. The number of thiazole rings is 1. The second-order valence-electron chi connectivity index (χ2n) is 7.23. The van der Waals surface area contributed by atoms with Gasteiger partial charge >= 0.3 is 0 Å². The standard InChI is InChI=1S/C24H21N5O4S/c1-3-33-20-11-7-18(8-12-20)21-15-34-24(25-21)28-22(14-16(2)27-28)26-23(30)13-6-17-4-9-19(10-5-17)29(31)32/h4-15H,3H2,1-2H3,(H,26,30)/b13-6+. The van der Waals surface area contributed by atoms with E-state index in [0.29, 0.717) is 23.1 Å². The van der Waals surface area contributed by atoms with Crippen molar-refractivity contribution in [2.24, 2.45) is 0 Å². The lowest BCUT2D eigenvalue weighted by atomic mass is 10.2. The molecule has 0 spiro atoms. The van der Waals surface area contributed by atoms with Crippen LogP contribution >= 0.6 is 11.3 Å². The molecule has 4 rings (SSSR count). The lowest BCUT2D eigenvalue weighted by Gasteiger charge is -2.05. The van der Waals surface area contributed by atoms with E-state index in [2.05, 4.69) is 15.4 Å². The first-order valence-corrected chi connectivity index (χ1v) is 11.3. The van der Waals surface area contributed by atoms with Gasteiger partial charge in [-0.25, -0.2) is 4.98 Å². The van der Waals surface area contributed by atoms with Crippen molar-refractivity contribution in [1.82, 2.24) is 14.8 Å². The molecule has 34 heavy (non-hydrogen) atoms. The van der Waals surface area contributed by atoms with Crippen LogP contribution in [0, 0.1) is 17.0 Å². The van der Waals surface area contributed by atoms with Gasteiger partial charge in [-0.3, -0.25) is 14.9 Å². The molecule has 0 saturated carbocycles. The number of aryl methyl sites for hydroxylation is 1. The van der Waals surface area contributed by atoms with Gasteiger partial charge in [0, 0.05) is 35.2 Å². The second kappa shape index (κ2) is 10.1. The Kier molecular flexibility index (Phi) is 6.79. The Morgan fingerprint density at radius 1 is 1.21 bits per heavy atom. The topological polar surface area (TPSA) is 112 Å². The van der Waals surface area contributed by atoms with E-state index in [9.17, 15) is 14.9 Å². The number of rotatable bonds is 8. The number of nitro groups is 1. The number of amides is 1. The fourth-order valence-electron chi connectivity index (χ4n) is 3.16. The lowest BCUT2D eigenvalue weighted by molar-refractivity contribution is -0.384. The van der Waals surface area contributed by atoms with E-state index in [1.54, 1.807) is 29.0 Å². The molecule has 1 amide bonds. The monoisotopic (exact) mass is 475 g/mol. The summed E-state index contributed by atoms with van der Waals surface area (Å²) < 4.78 is 7.08. The first-order chi connectivity index (χ1) is 16.4. The molecule has 0 atom stereocenters. The molecule has 0 unspecified atom stereocenters. The van der Waals surface area contributed by atoms with Crippen molar-refractivity contribution in [2.45, 2.75) is 13.8 Å². The summed E-state index contributed by atoms with van der Waals surface area (Å²) in [6.45, 7) is 4.38. The minimum atomic E-state index is -0.469. The maximum atomic E-state index is 12.5. The van der Waals surface area contributed by atoms with Gasteiger partial charge in [-0.2, -0.15) is 9.78 Å². The second-order valence-corrected chi connectivity index (χ2v) is 8.06. The molecule has 0 fully saturated rings. The molecule has 0 aliphatic carbocycles. The fourth-order valence-corrected chi connectivity index (χ4v) is 3.96. The van der Waals surface area contributed by atoms with Gasteiger partial charge in [0.05, 0.1) is 22.9 Å². The Hall–Kier alpha value is -4.31. The van der Waals surface area contributed by atoms with E-state index in [0.717, 1.165) is 22.7 Å². The van der Waals surface area contributed by atoms with E-state index in [1.165, 1.54) is 29.5 Å². The molecule has 9 nitrogen and oxygen atoms in total. The van der Waals surface area contributed by atoms with Crippen LogP contribution in [-0.4, -0.2) is 32.2 Å². The summed E-state index contributed by atoms with van der Waals surface area (Å²) in [5.74, 6) is 0.933. The number of benzene rings is 2. The van der Waals surface area contributed by atoms with Gasteiger partial charge in [-0.15, -0.1) is 11.3 Å². The zero-order valence-corrected chi connectivity index (χ0v) is 19.3. The van der Waals surface area contributed by atoms with Crippen molar-refractivity contribution in [1.29, 1.82) is 0 Å². The van der Waals surface area contributed by atoms with Crippen LogP contribution in [0.15, 0.2) is 66.1 Å². The van der Waals surface area contributed by atoms with Crippen molar-refractivity contribution in [3.8, 4) is 22.1 Å². The zero-order chi connectivity index (χ0) is 24.1. The first-order valence-electron chi connectivity index (χ1n) is 10.4. The minimum Gasteiger partial charge on any atom is -0.494 e. The average Bonchev–Trinajstić information content (AvgIpc) is 3.45. The van der Waals surface area contributed by atoms with E-state index in [4.69, 9.17) is 4.74 Å². The molecule has 1 N–H and O–H groups in total. The normalized spacial score (nSPS) is 11.0. The number of nitrogens with one attached hydrogen (secondary N) is 1. The summed E-state index contributed by atoms with van der Waals surface area (Å²) in [6, 6.07) is 15.4. The van der Waals surface area contributed by atoms with Gasteiger partial charge < -0.3 is 10.1 Å². The van der Waals surface area contributed by atoms with Crippen molar-refractivity contribution in [3.05, 3.63) is 87.4 Å². The number of aromatic nitrogens is 3. The predicted molar refractivity (Wildman–Crippen MR) is 131 cm³/mol. The van der Waals surface area contributed by atoms with Crippen molar-refractivity contribution < 1.29 is 14.5 Å². The van der Waals surface area contributed by atoms with Gasteiger partial charge in [-0.1, -0.05) is 0 Å². The number of nitrogens with zero attached hydrogens (tertiary/aromatic N) is 4. The molecule has 2 aromatic heterocycles. The van der Waals surface area contributed by atoms with Crippen LogP contribution in [0.5, 0.6) is 5.75 Å². The van der Waals surface area contributed by atoms with Crippen LogP contribution in [0.1, 0.15) is 18.2 Å². The maximum absolute atomic E-state index is 12.5. The van der Waals surface area contributed by atoms with E-state index in [-0.39, 0.29) is 11.6 Å². The highest BCUT2D eigenvalue weighted by Gasteiger charge is 2.14. The average molecular weight is 476 g/mol. The summed E-state index contributed by atoms with van der Waals surface area (Å²) in [7, 11) is 0. The van der Waals surface area contributed by atoms with Gasteiger partial charge in [0.2, 0.25) is 11.0 Å². The first kappa shape index (κ1) is 22.9. The van der Waals surface area contributed by atoms with Crippen molar-refractivity contribution in [3.63, 3.8) is 0 Å². The molecule has 0 aliphatic rings. The molecule has 2 heterocycles. The van der Waals surface area contributed by atoms with Crippen LogP contribution in [0.4, 0.5) is 11.5 Å². The highest BCUT2D eigenvalue weighted by molar-refractivity contribution is 7.12. The molecule has 172 valence electrons. The highest BCUT2D eigenvalue weighted by atomic mass is 32.1. The number of hydrogen-bond donors (Lipinski definition) is 1. The van der Waals surface area contributed by atoms with E-state index < -0.39 is 4.92 Å². The van der Waals surface area contributed by atoms with Crippen LogP contribution in [-0.2, 0) is 4.79 Å². The Balaban J connectivity index is 1.48. The zero-order valence-electron chi connectivity index (χ0n) is 18.5. The van der Waals surface area contributed by atoms with E-state index in [1.807, 2.05) is 43.5 Å². The minimum absolute atomic E-state index is 0.00553. The summed E-state index contributed by atoms with van der Waals surface area (Å²) in [6.07, 6.45) is 2.95. The Morgan fingerprint density at radius 3 is 2.62 bits per heavy atom. The van der Waals surface area contributed by atoms with Crippen LogP contribution < -0.4 is 10.1 Å². The predicted octanol–water partition coefficient (Wildman–Crippen LogP) is 5.26. The lowest BCUT2D eigenvalue weighted by Crippen LogP contribution is -2.12. The van der Waals surface area contributed by atoms with Crippen molar-refractivity contribution in [2.75, 3.05) is 11.9 Å². The molecule has 0 radical (unpaired) electrons. The van der Waals surface area contributed by atoms with Gasteiger partial charge in [-0.05, 0) is 61.9 Å². The van der Waals surface area contributed by atoms with E-state index >= 15 is 0 Å². The smallest absolute Gasteiger partial charge is 0.269 e. The number of anilines is 1. The highest BCUT2D eigenvalue weighted by Crippen LogP contribution is 2.27. The third-order valence-electron chi connectivity index (χ3n) is 4.75. The van der Waals surface area contributed by atoms with Gasteiger partial charge in [0.15, 0.2) is 0 Å². The molecule has 4 aromatic rings. The largest absolute Gasteiger partial charge is 0.494 e. The number of hydrogen-bond acceptors (Lipinski definition) is 7. The van der Waals surface area contributed by atoms with Crippen molar-refractivity contribution >= 4 is 34.8 Å². The molecule has 10 heteroatoms. The third-order valence-corrected chi connectivity index (χ3v) is 5.56. The molecular formula is C24H21N5O4S. The molecular weight excluding hydrogens is 454 g/mol. The Labute approximate surface area is 199 Å². The Morgan fingerprint density at radius 2 is 1.94 bits per heavy atom. The maximum Gasteiger partial charge on any atom is 0.269 e. The van der Waals surface area contributed by atoms with Gasteiger partial charge in [0.25, 0.3) is 5.69 Å². The molecule has 0 saturated heterocycles. The molecule has 0 bridgehead atoms. The third kappa shape index (κ3) is 5.36. The van der Waals surface area contributed by atoms with Crippen LogP contribution in [0.25, 0.3) is 22.5 Å². The summed E-state index contributed by atoms with van der Waals surface area (Å²) in [5.41, 5.74) is 3.14. The SMILES string of the molecule is CCOc1ccc(-c2csc(-n3nc(C)cc3NC(=O)/C=C/c3ccc([N+](=O)[O-])cc3)n2)cc1. The number of carbonyl (C=O) groups excluding carboxylic acids is 1. The van der Waals surface area contributed by atoms with Crippen LogP contribution in [0.3, 0.4) is 0 Å². The quantitative estimate of drug-likeness (QED) is 0.211. The Bertz CT molecular complexity index is 1340. The number of carbonyl (C=O) groups is 1. The summed E-state index contributed by atoms with van der Waals surface area (Å²) in [5, 5.41) is 20.6. The summed E-state index contributed by atoms with van der Waals surface area (Å²) >= 11 is 1.41. The number of nitro benzene ring substituents is 1. The molecule has 2 aromatic carbocycles. The number of non-ortho nitro benzene ring substituents is 1.